The first-order valence-corrected chi connectivity index (χ1v) is 6.60. The number of nitrogens with zero attached hydrogens (tertiary/aromatic N) is 3. The summed E-state index contributed by atoms with van der Waals surface area (Å²) >= 11 is 6.34. The Morgan fingerprint density at radius 3 is 2.79 bits per heavy atom. The van der Waals surface area contributed by atoms with Crippen molar-refractivity contribution in [3.8, 4) is 0 Å². The predicted octanol–water partition coefficient (Wildman–Crippen LogP) is 2.43. The first-order chi connectivity index (χ1) is 9.11. The summed E-state index contributed by atoms with van der Waals surface area (Å²) in [5, 5.41) is 3.89. The Bertz CT molecular complexity index is 550. The first kappa shape index (κ1) is 13.9. The monoisotopic (exact) mass is 278 g/mol. The number of aromatic nitrogens is 2. The lowest BCUT2D eigenvalue weighted by atomic mass is 10.2. The molecule has 0 bridgehead atoms. The van der Waals surface area contributed by atoms with Crippen LogP contribution < -0.4 is 10.2 Å². The number of rotatable bonds is 5. The van der Waals surface area contributed by atoms with Gasteiger partial charge in [0.15, 0.2) is 0 Å². The molecule has 0 aliphatic rings. The maximum absolute atomic E-state index is 6.34. The zero-order valence-corrected chi connectivity index (χ0v) is 12.3. The molecule has 1 aromatic carbocycles. The van der Waals surface area contributed by atoms with Crippen molar-refractivity contribution in [1.82, 2.24) is 14.9 Å². The molecule has 0 unspecified atom stereocenters. The van der Waals surface area contributed by atoms with E-state index in [0.717, 1.165) is 29.6 Å². The Balaban J connectivity index is 2.15. The summed E-state index contributed by atoms with van der Waals surface area (Å²) in [5.41, 5.74) is 2.20. The minimum Gasteiger partial charge on any atom is -0.366 e. The summed E-state index contributed by atoms with van der Waals surface area (Å²) in [4.78, 5) is 6.43. The number of aryl methyl sites for hydroxylation is 1. The minimum atomic E-state index is 0.731. The van der Waals surface area contributed by atoms with Gasteiger partial charge in [-0.3, -0.25) is 0 Å². The van der Waals surface area contributed by atoms with E-state index in [1.54, 1.807) is 6.20 Å². The van der Waals surface area contributed by atoms with Gasteiger partial charge in [-0.25, -0.2) is 4.98 Å². The number of nitrogens with one attached hydrogen (secondary N) is 1. The molecule has 1 N–H and O–H groups in total. The molecule has 1 aromatic heterocycles. The number of hydrogen-bond acceptors (Lipinski definition) is 3. The second-order valence-corrected chi connectivity index (χ2v) is 5.03. The molecule has 2 aromatic rings. The van der Waals surface area contributed by atoms with Crippen molar-refractivity contribution < 1.29 is 0 Å². The lowest BCUT2D eigenvalue weighted by Crippen LogP contribution is -2.19. The summed E-state index contributed by atoms with van der Waals surface area (Å²) in [5.74, 6) is 1.01. The third kappa shape index (κ3) is 3.28. The number of anilines is 1. The van der Waals surface area contributed by atoms with Gasteiger partial charge in [-0.15, -0.1) is 0 Å². The van der Waals surface area contributed by atoms with Crippen LogP contribution in [0.2, 0.25) is 5.02 Å². The fraction of sp³-hybridized carbons (Fsp3) is 0.357. The molecule has 19 heavy (non-hydrogen) atoms. The van der Waals surface area contributed by atoms with E-state index in [-0.39, 0.29) is 0 Å². The Morgan fingerprint density at radius 2 is 2.21 bits per heavy atom. The largest absolute Gasteiger partial charge is 0.366 e. The van der Waals surface area contributed by atoms with E-state index in [4.69, 9.17) is 11.6 Å². The van der Waals surface area contributed by atoms with Crippen molar-refractivity contribution in [2.75, 3.05) is 19.0 Å². The van der Waals surface area contributed by atoms with Gasteiger partial charge in [-0.1, -0.05) is 17.7 Å². The van der Waals surface area contributed by atoms with Gasteiger partial charge in [0.05, 0.1) is 17.3 Å². The van der Waals surface area contributed by atoms with Gasteiger partial charge in [0.1, 0.15) is 5.82 Å². The van der Waals surface area contributed by atoms with Crippen LogP contribution in [-0.2, 0) is 20.1 Å². The smallest absolute Gasteiger partial charge is 0.127 e. The lowest BCUT2D eigenvalue weighted by molar-refractivity contribution is 0.761. The molecule has 102 valence electrons. The first-order valence-electron chi connectivity index (χ1n) is 6.22. The standard InChI is InChI=1S/C14H19ClN4/c1-16-9-11-4-5-13(12(15)8-11)19(3)10-14-17-6-7-18(14)2/h4-8,16H,9-10H2,1-3H3. The number of halogens is 1. The van der Waals surface area contributed by atoms with Crippen molar-refractivity contribution in [2.45, 2.75) is 13.1 Å². The van der Waals surface area contributed by atoms with Crippen LogP contribution in [0.3, 0.4) is 0 Å². The number of imidazole rings is 1. The Labute approximate surface area is 119 Å². The van der Waals surface area contributed by atoms with Crippen LogP contribution in [0.5, 0.6) is 0 Å². The maximum atomic E-state index is 6.34. The van der Waals surface area contributed by atoms with Gasteiger partial charge in [-0.2, -0.15) is 0 Å². The highest BCUT2D eigenvalue weighted by Crippen LogP contribution is 2.27. The summed E-state index contributed by atoms with van der Waals surface area (Å²) in [7, 11) is 5.94. The summed E-state index contributed by atoms with van der Waals surface area (Å²) in [6.07, 6.45) is 3.75. The number of hydrogen-bond donors (Lipinski definition) is 1. The average molecular weight is 279 g/mol. The summed E-state index contributed by atoms with van der Waals surface area (Å²) in [6.45, 7) is 1.55. The topological polar surface area (TPSA) is 33.1 Å². The van der Waals surface area contributed by atoms with Crippen molar-refractivity contribution in [3.63, 3.8) is 0 Å². The van der Waals surface area contributed by atoms with Crippen LogP contribution in [0.25, 0.3) is 0 Å². The SMILES string of the molecule is CNCc1ccc(N(C)Cc2nccn2C)c(Cl)c1. The molecule has 0 radical (unpaired) electrons. The van der Waals surface area contributed by atoms with E-state index in [1.165, 1.54) is 5.56 Å². The molecule has 0 saturated heterocycles. The lowest BCUT2D eigenvalue weighted by Gasteiger charge is -2.20. The van der Waals surface area contributed by atoms with Crippen LogP contribution in [-0.4, -0.2) is 23.6 Å². The Hall–Kier alpha value is -1.52. The van der Waals surface area contributed by atoms with E-state index < -0.39 is 0 Å². The van der Waals surface area contributed by atoms with Crippen LogP contribution in [0.1, 0.15) is 11.4 Å². The average Bonchev–Trinajstić information content (AvgIpc) is 2.75. The molecule has 2 rings (SSSR count). The quantitative estimate of drug-likeness (QED) is 0.912. The number of benzene rings is 1. The fourth-order valence-corrected chi connectivity index (χ4v) is 2.37. The van der Waals surface area contributed by atoms with Crippen LogP contribution in [0.15, 0.2) is 30.6 Å². The van der Waals surface area contributed by atoms with Gasteiger partial charge in [0, 0.05) is 33.0 Å². The Morgan fingerprint density at radius 1 is 1.42 bits per heavy atom. The van der Waals surface area contributed by atoms with Crippen molar-refractivity contribution in [2.24, 2.45) is 7.05 Å². The second kappa shape index (κ2) is 6.08. The molecule has 0 amide bonds. The van der Waals surface area contributed by atoms with E-state index in [9.17, 15) is 0 Å². The molecular formula is C14H19ClN4. The van der Waals surface area contributed by atoms with E-state index in [2.05, 4.69) is 27.3 Å². The van der Waals surface area contributed by atoms with E-state index >= 15 is 0 Å². The molecule has 0 atom stereocenters. The molecule has 0 aliphatic carbocycles. The van der Waals surface area contributed by atoms with Gasteiger partial charge in [0.25, 0.3) is 0 Å². The van der Waals surface area contributed by atoms with Crippen LogP contribution in [0.4, 0.5) is 5.69 Å². The van der Waals surface area contributed by atoms with Crippen molar-refractivity contribution in [3.05, 3.63) is 47.0 Å². The highest BCUT2D eigenvalue weighted by atomic mass is 35.5. The van der Waals surface area contributed by atoms with Gasteiger partial charge in [0.2, 0.25) is 0 Å². The normalized spacial score (nSPS) is 10.7. The zero-order chi connectivity index (χ0) is 13.8. The molecule has 1 heterocycles. The molecule has 0 aliphatic heterocycles. The Kier molecular flexibility index (Phi) is 4.45. The van der Waals surface area contributed by atoms with Crippen LogP contribution in [0, 0.1) is 0 Å². The molecular weight excluding hydrogens is 260 g/mol. The highest BCUT2D eigenvalue weighted by molar-refractivity contribution is 6.33. The molecule has 0 saturated carbocycles. The van der Waals surface area contributed by atoms with Gasteiger partial charge >= 0.3 is 0 Å². The summed E-state index contributed by atoms with van der Waals surface area (Å²) < 4.78 is 2.01. The van der Waals surface area contributed by atoms with Crippen molar-refractivity contribution >= 4 is 17.3 Å². The van der Waals surface area contributed by atoms with Gasteiger partial charge < -0.3 is 14.8 Å². The molecule has 4 nitrogen and oxygen atoms in total. The second-order valence-electron chi connectivity index (χ2n) is 4.63. The maximum Gasteiger partial charge on any atom is 0.127 e. The third-order valence-electron chi connectivity index (χ3n) is 3.10. The minimum absolute atomic E-state index is 0.731. The summed E-state index contributed by atoms with van der Waals surface area (Å²) in [6, 6.07) is 6.15. The molecule has 5 heteroatoms. The predicted molar refractivity (Wildman–Crippen MR) is 79.5 cm³/mol. The van der Waals surface area contributed by atoms with E-state index in [0.29, 0.717) is 0 Å². The van der Waals surface area contributed by atoms with E-state index in [1.807, 2.05) is 38.0 Å². The molecule has 0 fully saturated rings. The van der Waals surface area contributed by atoms with Gasteiger partial charge in [-0.05, 0) is 24.7 Å². The van der Waals surface area contributed by atoms with Crippen molar-refractivity contribution in [1.29, 1.82) is 0 Å². The fourth-order valence-electron chi connectivity index (χ4n) is 2.02. The molecule has 0 spiro atoms. The third-order valence-corrected chi connectivity index (χ3v) is 3.41. The highest BCUT2D eigenvalue weighted by Gasteiger charge is 2.09. The van der Waals surface area contributed by atoms with Crippen LogP contribution >= 0.6 is 11.6 Å². The zero-order valence-electron chi connectivity index (χ0n) is 11.5.